The van der Waals surface area contributed by atoms with Crippen molar-refractivity contribution in [3.05, 3.63) is 34.6 Å². The van der Waals surface area contributed by atoms with E-state index >= 15 is 0 Å². The zero-order valence-electron chi connectivity index (χ0n) is 8.23. The molecule has 0 saturated carbocycles. The highest BCUT2D eigenvalue weighted by Gasteiger charge is 2.10. The van der Waals surface area contributed by atoms with Crippen LogP contribution in [0.3, 0.4) is 0 Å². The van der Waals surface area contributed by atoms with Crippen LogP contribution in [0.5, 0.6) is 0 Å². The molecule has 2 atom stereocenters. The third-order valence-electron chi connectivity index (χ3n) is 2.33. The predicted molar refractivity (Wildman–Crippen MR) is 62.7 cm³/mol. The van der Waals surface area contributed by atoms with Gasteiger partial charge in [0.05, 0.1) is 5.02 Å². The smallest absolute Gasteiger partial charge is 0.142 e. The van der Waals surface area contributed by atoms with Crippen molar-refractivity contribution < 1.29 is 4.39 Å². The summed E-state index contributed by atoms with van der Waals surface area (Å²) in [4.78, 5) is 0.432. The van der Waals surface area contributed by atoms with E-state index in [1.165, 1.54) is 6.07 Å². The largest absolute Gasteiger partial charge is 0.205 e. The topological polar surface area (TPSA) is 0 Å². The number of alkyl halides is 1. The fourth-order valence-electron chi connectivity index (χ4n) is 1.20. The van der Waals surface area contributed by atoms with Gasteiger partial charge in [0.2, 0.25) is 0 Å². The van der Waals surface area contributed by atoms with Gasteiger partial charge >= 0.3 is 0 Å². The number of halogens is 3. The maximum absolute atomic E-state index is 13.1. The first-order valence-corrected chi connectivity index (χ1v) is 5.88. The van der Waals surface area contributed by atoms with Gasteiger partial charge in [-0.15, -0.1) is 0 Å². The van der Waals surface area contributed by atoms with Crippen molar-refractivity contribution in [2.24, 2.45) is 5.92 Å². The third kappa shape index (κ3) is 3.25. The van der Waals surface area contributed by atoms with Crippen LogP contribution in [0.15, 0.2) is 18.2 Å². The van der Waals surface area contributed by atoms with Crippen LogP contribution in [0.25, 0.3) is 0 Å². The van der Waals surface area contributed by atoms with Crippen molar-refractivity contribution in [3.8, 4) is 0 Å². The second-order valence-electron chi connectivity index (χ2n) is 3.61. The fourth-order valence-corrected chi connectivity index (χ4v) is 1.51. The minimum absolute atomic E-state index is 0.188. The summed E-state index contributed by atoms with van der Waals surface area (Å²) in [5.74, 6) is 0.147. The van der Waals surface area contributed by atoms with Crippen molar-refractivity contribution in [3.63, 3.8) is 0 Å². The molecule has 0 spiro atoms. The van der Waals surface area contributed by atoms with Gasteiger partial charge in [-0.1, -0.05) is 47.4 Å². The summed E-state index contributed by atoms with van der Waals surface area (Å²) in [7, 11) is 0. The molecule has 0 aliphatic rings. The van der Waals surface area contributed by atoms with Crippen LogP contribution < -0.4 is 0 Å². The van der Waals surface area contributed by atoms with Gasteiger partial charge in [0.15, 0.2) is 0 Å². The number of hydrogen-bond donors (Lipinski definition) is 0. The van der Waals surface area contributed by atoms with Crippen LogP contribution in [0.4, 0.5) is 4.39 Å². The fraction of sp³-hybridized carbons (Fsp3) is 0.455. The first-order valence-electron chi connectivity index (χ1n) is 4.58. The summed E-state index contributed by atoms with van der Waals surface area (Å²) in [6.45, 7) is 4.23. The molecule has 0 heterocycles. The van der Waals surface area contributed by atoms with Crippen molar-refractivity contribution in [2.45, 2.75) is 25.1 Å². The van der Waals surface area contributed by atoms with Crippen molar-refractivity contribution in [1.82, 2.24) is 0 Å². The zero-order valence-corrected chi connectivity index (χ0v) is 10.6. The van der Waals surface area contributed by atoms with Crippen LogP contribution in [-0.4, -0.2) is 4.83 Å². The van der Waals surface area contributed by atoms with Gasteiger partial charge in [-0.05, 0) is 30.0 Å². The number of rotatable bonds is 3. The summed E-state index contributed by atoms with van der Waals surface area (Å²) in [6.07, 6.45) is 0.862. The van der Waals surface area contributed by atoms with Crippen LogP contribution in [0, 0.1) is 11.7 Å². The average molecular weight is 280 g/mol. The van der Waals surface area contributed by atoms with E-state index in [-0.39, 0.29) is 10.8 Å². The molecular formula is C11H13BrClF. The molecule has 14 heavy (non-hydrogen) atoms. The highest BCUT2D eigenvalue weighted by atomic mass is 79.9. The second-order valence-corrected chi connectivity index (χ2v) is 5.46. The normalized spacial score (nSPS) is 15.2. The lowest BCUT2D eigenvalue weighted by atomic mass is 9.99. The molecule has 0 aromatic heterocycles. The predicted octanol–water partition coefficient (Wildman–Crippen LogP) is 4.44. The lowest BCUT2D eigenvalue weighted by molar-refractivity contribution is 0.574. The molecule has 1 rings (SSSR count). The Morgan fingerprint density at radius 2 is 2.07 bits per heavy atom. The van der Waals surface area contributed by atoms with Crippen LogP contribution in [0.1, 0.15) is 19.4 Å². The third-order valence-corrected chi connectivity index (χ3v) is 3.53. The summed E-state index contributed by atoms with van der Waals surface area (Å²) in [5, 5.41) is 0.188. The van der Waals surface area contributed by atoms with Gasteiger partial charge in [0.1, 0.15) is 5.82 Å². The molecule has 3 heteroatoms. The molecule has 78 valence electrons. The van der Waals surface area contributed by atoms with Crippen molar-refractivity contribution in [2.75, 3.05) is 0 Å². The molecule has 0 aliphatic heterocycles. The average Bonchev–Trinajstić information content (AvgIpc) is 2.11. The highest BCUT2D eigenvalue weighted by Crippen LogP contribution is 2.21. The molecule has 0 amide bonds. The van der Waals surface area contributed by atoms with E-state index in [1.807, 2.05) is 6.07 Å². The summed E-state index contributed by atoms with van der Waals surface area (Å²) >= 11 is 9.11. The van der Waals surface area contributed by atoms with E-state index < -0.39 is 0 Å². The molecule has 2 unspecified atom stereocenters. The Balaban J connectivity index is 2.73. The van der Waals surface area contributed by atoms with Crippen molar-refractivity contribution >= 4 is 27.5 Å². The summed E-state index contributed by atoms with van der Waals surface area (Å²) < 4.78 is 13.1. The van der Waals surface area contributed by atoms with Gasteiger partial charge in [-0.25, -0.2) is 4.39 Å². The van der Waals surface area contributed by atoms with E-state index in [2.05, 4.69) is 29.8 Å². The Bertz CT molecular complexity index is 312. The SMILES string of the molecule is CC(Br)C(C)Cc1ccc(Cl)c(F)c1. The van der Waals surface area contributed by atoms with E-state index in [9.17, 15) is 4.39 Å². The molecule has 0 nitrogen and oxygen atoms in total. The second kappa shape index (κ2) is 5.13. The van der Waals surface area contributed by atoms with E-state index in [1.54, 1.807) is 6.07 Å². The molecular weight excluding hydrogens is 266 g/mol. The minimum atomic E-state index is -0.335. The molecule has 0 bridgehead atoms. The van der Waals surface area contributed by atoms with E-state index in [4.69, 9.17) is 11.6 Å². The quantitative estimate of drug-likeness (QED) is 0.718. The number of hydrogen-bond acceptors (Lipinski definition) is 0. The highest BCUT2D eigenvalue weighted by molar-refractivity contribution is 9.09. The molecule has 0 N–H and O–H groups in total. The minimum Gasteiger partial charge on any atom is -0.205 e. The number of benzene rings is 1. The van der Waals surface area contributed by atoms with Gasteiger partial charge in [0, 0.05) is 4.83 Å². The molecule has 0 radical (unpaired) electrons. The Morgan fingerprint density at radius 1 is 1.43 bits per heavy atom. The molecule has 0 aliphatic carbocycles. The Labute approximate surface area is 97.6 Å². The van der Waals surface area contributed by atoms with Gasteiger partial charge in [-0.3, -0.25) is 0 Å². The Morgan fingerprint density at radius 3 is 2.57 bits per heavy atom. The maximum Gasteiger partial charge on any atom is 0.142 e. The van der Waals surface area contributed by atoms with Crippen LogP contribution >= 0.6 is 27.5 Å². The monoisotopic (exact) mass is 278 g/mol. The van der Waals surface area contributed by atoms with Gasteiger partial charge in [0.25, 0.3) is 0 Å². The van der Waals surface area contributed by atoms with E-state index in [0.717, 1.165) is 12.0 Å². The molecule has 0 saturated heterocycles. The first-order chi connectivity index (χ1) is 6.50. The molecule has 1 aromatic carbocycles. The zero-order chi connectivity index (χ0) is 10.7. The van der Waals surface area contributed by atoms with Gasteiger partial charge in [-0.2, -0.15) is 0 Å². The Kier molecular flexibility index (Phi) is 4.39. The van der Waals surface area contributed by atoms with Crippen molar-refractivity contribution in [1.29, 1.82) is 0 Å². The summed E-state index contributed by atoms with van der Waals surface area (Å²) in [5.41, 5.74) is 0.991. The molecule has 0 fully saturated rings. The van der Waals surface area contributed by atoms with E-state index in [0.29, 0.717) is 10.7 Å². The maximum atomic E-state index is 13.1. The van der Waals surface area contributed by atoms with Gasteiger partial charge < -0.3 is 0 Å². The first kappa shape index (κ1) is 12.0. The molecule has 1 aromatic rings. The lowest BCUT2D eigenvalue weighted by Crippen LogP contribution is -2.09. The summed E-state index contributed by atoms with van der Waals surface area (Å²) in [6, 6.07) is 4.99. The van der Waals surface area contributed by atoms with Crippen LogP contribution in [-0.2, 0) is 6.42 Å². The van der Waals surface area contributed by atoms with Crippen LogP contribution in [0.2, 0.25) is 5.02 Å². The lowest BCUT2D eigenvalue weighted by Gasteiger charge is -2.13. The Hall–Kier alpha value is -0.0800. The standard InChI is InChI=1S/C11H13BrClF/c1-7(8(2)12)5-9-3-4-10(13)11(14)6-9/h3-4,6-8H,5H2,1-2H3.